The molecule has 0 radical (unpaired) electrons. The van der Waals surface area contributed by atoms with Gasteiger partial charge in [-0.2, -0.15) is 0 Å². The predicted molar refractivity (Wildman–Crippen MR) is 113 cm³/mol. The van der Waals surface area contributed by atoms with Crippen molar-refractivity contribution >= 4 is 45.7 Å². The van der Waals surface area contributed by atoms with Crippen molar-refractivity contribution in [2.45, 2.75) is 23.1 Å². The van der Waals surface area contributed by atoms with Crippen molar-refractivity contribution in [1.82, 2.24) is 25.0 Å². The fourth-order valence-corrected chi connectivity index (χ4v) is 4.45. The van der Waals surface area contributed by atoms with E-state index in [1.165, 1.54) is 23.1 Å². The highest BCUT2D eigenvalue weighted by molar-refractivity contribution is 8.01. The molecule has 3 heterocycles. The van der Waals surface area contributed by atoms with Crippen LogP contribution in [-0.2, 0) is 11.8 Å². The number of aromatic nitrogens is 5. The Labute approximate surface area is 175 Å². The van der Waals surface area contributed by atoms with Crippen molar-refractivity contribution in [2.24, 2.45) is 7.05 Å². The number of hydrogen-bond donors (Lipinski definition) is 1. The van der Waals surface area contributed by atoms with Crippen molar-refractivity contribution in [3.05, 3.63) is 47.1 Å². The van der Waals surface area contributed by atoms with Crippen LogP contribution >= 0.6 is 23.1 Å². The van der Waals surface area contributed by atoms with Crippen molar-refractivity contribution in [3.8, 4) is 5.88 Å². The SMILES string of the molecule is Cc1cc(C)c2c(OCC(=O)Nc3ccccc3Sc3nncs3)nn(C)c2n1. The minimum absolute atomic E-state index is 0.156. The zero-order valence-corrected chi connectivity index (χ0v) is 17.7. The fourth-order valence-electron chi connectivity index (χ4n) is 2.93. The average molecular weight is 427 g/mol. The molecule has 0 aliphatic rings. The number of para-hydroxylation sites is 1. The highest BCUT2D eigenvalue weighted by atomic mass is 32.2. The lowest BCUT2D eigenvalue weighted by Crippen LogP contribution is -2.20. The van der Waals surface area contributed by atoms with Crippen LogP contribution in [0.3, 0.4) is 0 Å². The van der Waals surface area contributed by atoms with Crippen LogP contribution < -0.4 is 10.1 Å². The van der Waals surface area contributed by atoms with E-state index >= 15 is 0 Å². The minimum Gasteiger partial charge on any atom is -0.466 e. The lowest BCUT2D eigenvalue weighted by atomic mass is 10.2. The van der Waals surface area contributed by atoms with Gasteiger partial charge in [-0.05, 0) is 37.6 Å². The van der Waals surface area contributed by atoms with Gasteiger partial charge in [0.25, 0.3) is 5.91 Å². The summed E-state index contributed by atoms with van der Waals surface area (Å²) in [5.41, 5.74) is 5.02. The largest absolute Gasteiger partial charge is 0.466 e. The number of nitrogens with zero attached hydrogens (tertiary/aromatic N) is 5. The topological polar surface area (TPSA) is 94.8 Å². The van der Waals surface area contributed by atoms with Crippen LogP contribution in [0.2, 0.25) is 0 Å². The van der Waals surface area contributed by atoms with E-state index in [-0.39, 0.29) is 12.5 Å². The molecule has 1 N–H and O–H groups in total. The molecule has 1 amide bonds. The molecular weight excluding hydrogens is 408 g/mol. The highest BCUT2D eigenvalue weighted by Crippen LogP contribution is 2.34. The third-order valence-corrected chi connectivity index (χ3v) is 5.98. The van der Waals surface area contributed by atoms with Crippen LogP contribution in [0.4, 0.5) is 5.69 Å². The van der Waals surface area contributed by atoms with Gasteiger partial charge in [-0.3, -0.25) is 4.79 Å². The molecule has 0 unspecified atom stereocenters. The average Bonchev–Trinajstić information content (AvgIpc) is 3.30. The first-order valence-corrected chi connectivity index (χ1v) is 10.5. The minimum atomic E-state index is -0.271. The summed E-state index contributed by atoms with van der Waals surface area (Å²) in [6, 6.07) is 9.51. The van der Waals surface area contributed by atoms with Gasteiger partial charge in [0.05, 0.1) is 11.1 Å². The van der Waals surface area contributed by atoms with Crippen LogP contribution in [0, 0.1) is 13.8 Å². The summed E-state index contributed by atoms with van der Waals surface area (Å²) < 4.78 is 8.20. The number of hydrogen-bond acceptors (Lipinski definition) is 8. The molecule has 3 aromatic heterocycles. The number of pyridine rings is 1. The number of nitrogens with one attached hydrogen (secondary N) is 1. The number of aryl methyl sites for hydroxylation is 3. The Morgan fingerprint density at radius 2 is 2.14 bits per heavy atom. The first-order valence-electron chi connectivity index (χ1n) is 8.78. The summed E-state index contributed by atoms with van der Waals surface area (Å²) in [5.74, 6) is 0.131. The second-order valence-corrected chi connectivity index (χ2v) is 8.47. The zero-order chi connectivity index (χ0) is 20.4. The Bertz CT molecular complexity index is 1170. The molecule has 0 aliphatic carbocycles. The Morgan fingerprint density at radius 3 is 2.93 bits per heavy atom. The molecule has 0 spiro atoms. The number of amides is 1. The van der Waals surface area contributed by atoms with Gasteiger partial charge in [0.1, 0.15) is 5.51 Å². The summed E-state index contributed by atoms with van der Waals surface area (Å²) in [6.07, 6.45) is 0. The fraction of sp³-hybridized carbons (Fsp3) is 0.211. The smallest absolute Gasteiger partial charge is 0.262 e. The first-order chi connectivity index (χ1) is 14.0. The zero-order valence-electron chi connectivity index (χ0n) is 16.0. The molecule has 4 rings (SSSR count). The Morgan fingerprint density at radius 1 is 1.31 bits per heavy atom. The quantitative estimate of drug-likeness (QED) is 0.503. The van der Waals surface area contributed by atoms with Crippen LogP contribution in [0.25, 0.3) is 11.0 Å². The Kier molecular flexibility index (Phi) is 5.45. The van der Waals surface area contributed by atoms with Gasteiger partial charge in [-0.1, -0.05) is 35.2 Å². The number of ether oxygens (including phenoxy) is 1. The lowest BCUT2D eigenvalue weighted by Gasteiger charge is -2.10. The van der Waals surface area contributed by atoms with E-state index in [1.807, 2.05) is 51.2 Å². The molecule has 1 aromatic carbocycles. The third kappa shape index (κ3) is 4.22. The summed E-state index contributed by atoms with van der Waals surface area (Å²) in [5, 5.41) is 16.0. The van der Waals surface area contributed by atoms with Crippen LogP contribution in [-0.4, -0.2) is 37.5 Å². The molecule has 0 saturated heterocycles. The van der Waals surface area contributed by atoms with E-state index in [0.29, 0.717) is 11.6 Å². The summed E-state index contributed by atoms with van der Waals surface area (Å²) in [7, 11) is 1.81. The maximum atomic E-state index is 12.5. The maximum absolute atomic E-state index is 12.5. The predicted octanol–water partition coefficient (Wildman–Crippen LogP) is 3.61. The summed E-state index contributed by atoms with van der Waals surface area (Å²) in [4.78, 5) is 17.9. The third-order valence-electron chi connectivity index (χ3n) is 4.13. The molecule has 29 heavy (non-hydrogen) atoms. The molecular formula is C19H18N6O2S2. The van der Waals surface area contributed by atoms with Gasteiger partial charge in [0.2, 0.25) is 5.88 Å². The van der Waals surface area contributed by atoms with Crippen LogP contribution in [0.15, 0.2) is 45.1 Å². The molecule has 4 aromatic rings. The second kappa shape index (κ2) is 8.18. The van der Waals surface area contributed by atoms with Crippen LogP contribution in [0.1, 0.15) is 11.3 Å². The van der Waals surface area contributed by atoms with Crippen molar-refractivity contribution < 1.29 is 9.53 Å². The Balaban J connectivity index is 1.47. The van der Waals surface area contributed by atoms with E-state index in [0.717, 1.165) is 31.5 Å². The van der Waals surface area contributed by atoms with E-state index < -0.39 is 0 Å². The molecule has 0 fully saturated rings. The standard InChI is InChI=1S/C19H18N6O2S2/c1-11-8-12(2)21-17-16(11)18(24-25(17)3)27-9-15(26)22-13-6-4-5-7-14(13)29-19-23-20-10-28-19/h4-8,10H,9H2,1-3H3,(H,22,26). The van der Waals surface area contributed by atoms with Crippen molar-refractivity contribution in [1.29, 1.82) is 0 Å². The van der Waals surface area contributed by atoms with Gasteiger partial charge >= 0.3 is 0 Å². The van der Waals surface area contributed by atoms with Gasteiger partial charge in [0, 0.05) is 17.6 Å². The van der Waals surface area contributed by atoms with E-state index in [1.54, 1.807) is 10.2 Å². The second-order valence-electron chi connectivity index (χ2n) is 6.35. The summed E-state index contributed by atoms with van der Waals surface area (Å²) >= 11 is 2.90. The number of carbonyl (C=O) groups excluding carboxylic acids is 1. The van der Waals surface area contributed by atoms with E-state index in [9.17, 15) is 4.79 Å². The number of benzene rings is 1. The lowest BCUT2D eigenvalue weighted by molar-refractivity contribution is -0.118. The van der Waals surface area contributed by atoms with Crippen molar-refractivity contribution in [2.75, 3.05) is 11.9 Å². The normalized spacial score (nSPS) is 11.0. The highest BCUT2D eigenvalue weighted by Gasteiger charge is 2.16. The molecule has 0 atom stereocenters. The monoisotopic (exact) mass is 426 g/mol. The first kappa shape index (κ1) is 19.3. The van der Waals surface area contributed by atoms with Crippen molar-refractivity contribution in [3.63, 3.8) is 0 Å². The Hall–Kier alpha value is -2.98. The molecule has 0 bridgehead atoms. The number of fused-ring (bicyclic) bond motifs is 1. The van der Waals surface area contributed by atoms with Gasteiger partial charge < -0.3 is 10.1 Å². The maximum Gasteiger partial charge on any atom is 0.262 e. The molecule has 0 aliphatic heterocycles. The number of carbonyl (C=O) groups is 1. The molecule has 8 nitrogen and oxygen atoms in total. The molecule has 148 valence electrons. The van der Waals surface area contributed by atoms with Gasteiger partial charge in [-0.15, -0.1) is 15.3 Å². The van der Waals surface area contributed by atoms with Gasteiger partial charge in [-0.25, -0.2) is 9.67 Å². The van der Waals surface area contributed by atoms with Crippen LogP contribution in [0.5, 0.6) is 5.88 Å². The number of anilines is 1. The summed E-state index contributed by atoms with van der Waals surface area (Å²) in [6.45, 7) is 3.76. The van der Waals surface area contributed by atoms with Gasteiger partial charge in [0.15, 0.2) is 16.6 Å². The van der Waals surface area contributed by atoms with E-state index in [4.69, 9.17) is 4.74 Å². The number of rotatable bonds is 6. The molecule has 10 heteroatoms. The molecule has 0 saturated carbocycles. The van der Waals surface area contributed by atoms with E-state index in [2.05, 4.69) is 25.6 Å².